The number of aliphatic hydroxyl groups is 3. The van der Waals surface area contributed by atoms with Gasteiger partial charge in [-0.05, 0) is 0 Å². The van der Waals surface area contributed by atoms with E-state index >= 15 is 0 Å². The lowest BCUT2D eigenvalue weighted by atomic mass is 10.0. The molecule has 3 N–H and O–H groups in total. The van der Waals surface area contributed by atoms with Crippen LogP contribution in [0, 0.1) is 0 Å². The Bertz CT molecular complexity index is 124. The van der Waals surface area contributed by atoms with Crippen molar-refractivity contribution in [2.24, 2.45) is 0 Å². The van der Waals surface area contributed by atoms with Crippen LogP contribution in [0.5, 0.6) is 0 Å². The highest BCUT2D eigenvalue weighted by Gasteiger charge is 2.35. The van der Waals surface area contributed by atoms with Gasteiger partial charge in [0.25, 0.3) is 0 Å². The second kappa shape index (κ2) is 4.15. The number of hydrogen-bond acceptors (Lipinski definition) is 5. The maximum absolute atomic E-state index is 9.16. The Balaban J connectivity index is 2.52. The van der Waals surface area contributed by atoms with Crippen molar-refractivity contribution in [3.8, 4) is 0 Å². The van der Waals surface area contributed by atoms with Crippen LogP contribution >= 0.6 is 0 Å². The number of hydrogen-bond donors (Lipinski definition) is 3. The summed E-state index contributed by atoms with van der Waals surface area (Å²) >= 11 is 0. The topological polar surface area (TPSA) is 79.2 Å². The predicted molar refractivity (Wildman–Crippen MR) is 39.4 cm³/mol. The molecular weight excluding hydrogens is 164 g/mol. The second-order valence-corrected chi connectivity index (χ2v) is 2.82. The van der Waals surface area contributed by atoms with Crippen molar-refractivity contribution < 1.29 is 24.8 Å². The number of aliphatic hydroxyl groups excluding tert-OH is 3. The van der Waals surface area contributed by atoms with E-state index in [-0.39, 0.29) is 19.1 Å². The Morgan fingerprint density at radius 1 is 1.50 bits per heavy atom. The van der Waals surface area contributed by atoms with Crippen LogP contribution in [0.1, 0.15) is 6.42 Å². The molecule has 0 spiro atoms. The zero-order chi connectivity index (χ0) is 9.14. The fraction of sp³-hybridized carbons (Fsp3) is 1.00. The summed E-state index contributed by atoms with van der Waals surface area (Å²) in [5, 5.41) is 27.0. The molecule has 0 aromatic carbocycles. The van der Waals surface area contributed by atoms with E-state index in [1.54, 1.807) is 0 Å². The van der Waals surface area contributed by atoms with Crippen LogP contribution in [0.2, 0.25) is 0 Å². The Kier molecular flexibility index (Phi) is 3.42. The van der Waals surface area contributed by atoms with Gasteiger partial charge in [-0.1, -0.05) is 0 Å². The van der Waals surface area contributed by atoms with E-state index in [2.05, 4.69) is 0 Å². The Morgan fingerprint density at radius 2 is 2.17 bits per heavy atom. The summed E-state index contributed by atoms with van der Waals surface area (Å²) in [5.41, 5.74) is 0. The van der Waals surface area contributed by atoms with Crippen molar-refractivity contribution in [1.29, 1.82) is 0 Å². The molecule has 1 fully saturated rings. The van der Waals surface area contributed by atoms with Crippen molar-refractivity contribution in [2.75, 3.05) is 13.7 Å². The van der Waals surface area contributed by atoms with Crippen LogP contribution in [-0.2, 0) is 9.47 Å². The van der Waals surface area contributed by atoms with Gasteiger partial charge in [-0.3, -0.25) is 0 Å². The average molecular weight is 178 g/mol. The molecule has 0 aromatic heterocycles. The third-order valence-corrected chi connectivity index (χ3v) is 2.01. The molecular formula is C7H14O5. The molecule has 0 bridgehead atoms. The lowest BCUT2D eigenvalue weighted by molar-refractivity contribution is -0.255. The lowest BCUT2D eigenvalue weighted by Gasteiger charge is -2.35. The average Bonchev–Trinajstić information content (AvgIpc) is 2.09. The van der Waals surface area contributed by atoms with Crippen LogP contribution in [0.25, 0.3) is 0 Å². The Hall–Kier alpha value is -0.200. The summed E-state index contributed by atoms with van der Waals surface area (Å²) in [6.07, 6.45) is -2.77. The fourth-order valence-electron chi connectivity index (χ4n) is 1.27. The van der Waals surface area contributed by atoms with E-state index in [1.165, 1.54) is 7.11 Å². The monoisotopic (exact) mass is 178 g/mol. The molecule has 1 aliphatic rings. The summed E-state index contributed by atoms with van der Waals surface area (Å²) in [7, 11) is 1.47. The lowest BCUT2D eigenvalue weighted by Crippen LogP contribution is -2.49. The highest BCUT2D eigenvalue weighted by molar-refractivity contribution is 4.80. The van der Waals surface area contributed by atoms with Gasteiger partial charge in [0, 0.05) is 13.5 Å². The van der Waals surface area contributed by atoms with Gasteiger partial charge in [-0.15, -0.1) is 0 Å². The van der Waals surface area contributed by atoms with E-state index in [9.17, 15) is 0 Å². The first-order chi connectivity index (χ1) is 5.69. The molecule has 0 radical (unpaired) electrons. The van der Waals surface area contributed by atoms with Gasteiger partial charge in [-0.25, -0.2) is 0 Å². The summed E-state index contributed by atoms with van der Waals surface area (Å²) in [4.78, 5) is 0. The second-order valence-electron chi connectivity index (χ2n) is 2.82. The summed E-state index contributed by atoms with van der Waals surface area (Å²) in [6.45, 7) is -0.220. The first-order valence-corrected chi connectivity index (χ1v) is 3.84. The van der Waals surface area contributed by atoms with Crippen molar-refractivity contribution in [2.45, 2.75) is 31.0 Å². The van der Waals surface area contributed by atoms with Crippen LogP contribution in [0.3, 0.4) is 0 Å². The van der Waals surface area contributed by atoms with E-state index in [1.807, 2.05) is 0 Å². The molecule has 1 aliphatic heterocycles. The standard InChI is InChI=1S/C7H14O5/c1-11-5-2-4(9)7(10)12-6(5)3-8/h4-10H,2-3H2,1H3. The van der Waals surface area contributed by atoms with Gasteiger partial charge < -0.3 is 24.8 Å². The Morgan fingerprint density at radius 3 is 2.67 bits per heavy atom. The third kappa shape index (κ3) is 1.94. The van der Waals surface area contributed by atoms with Gasteiger partial charge in [-0.2, -0.15) is 0 Å². The first kappa shape index (κ1) is 9.88. The molecule has 12 heavy (non-hydrogen) atoms. The van der Waals surface area contributed by atoms with Crippen molar-refractivity contribution >= 4 is 0 Å². The van der Waals surface area contributed by atoms with Crippen molar-refractivity contribution in [1.82, 2.24) is 0 Å². The third-order valence-electron chi connectivity index (χ3n) is 2.01. The minimum absolute atomic E-state index is 0.220. The Labute approximate surface area is 70.5 Å². The zero-order valence-electron chi connectivity index (χ0n) is 6.88. The molecule has 1 saturated heterocycles. The molecule has 4 atom stereocenters. The summed E-state index contributed by atoms with van der Waals surface area (Å²) in [5.74, 6) is 0. The molecule has 0 saturated carbocycles. The van der Waals surface area contributed by atoms with Gasteiger partial charge >= 0.3 is 0 Å². The number of rotatable bonds is 2. The SMILES string of the molecule is COC1CC(O)C(O)OC1CO. The van der Waals surface area contributed by atoms with Crippen LogP contribution in [-0.4, -0.2) is 53.6 Å². The van der Waals surface area contributed by atoms with Crippen LogP contribution in [0.4, 0.5) is 0 Å². The first-order valence-electron chi connectivity index (χ1n) is 3.84. The number of ether oxygens (including phenoxy) is 2. The van der Waals surface area contributed by atoms with E-state index < -0.39 is 18.5 Å². The van der Waals surface area contributed by atoms with E-state index in [0.717, 1.165) is 0 Å². The zero-order valence-corrected chi connectivity index (χ0v) is 6.88. The van der Waals surface area contributed by atoms with Gasteiger partial charge in [0.15, 0.2) is 6.29 Å². The minimum atomic E-state index is -1.21. The summed E-state index contributed by atoms with van der Waals surface area (Å²) in [6, 6.07) is 0. The van der Waals surface area contributed by atoms with Crippen molar-refractivity contribution in [3.63, 3.8) is 0 Å². The molecule has 5 nitrogen and oxygen atoms in total. The van der Waals surface area contributed by atoms with Crippen LogP contribution < -0.4 is 0 Å². The maximum atomic E-state index is 9.16. The van der Waals surface area contributed by atoms with Crippen LogP contribution in [0.15, 0.2) is 0 Å². The number of methoxy groups -OCH3 is 1. The molecule has 1 rings (SSSR count). The molecule has 72 valence electrons. The molecule has 1 heterocycles. The van der Waals surface area contributed by atoms with Gasteiger partial charge in [0.1, 0.15) is 12.2 Å². The highest BCUT2D eigenvalue weighted by Crippen LogP contribution is 2.20. The quantitative estimate of drug-likeness (QED) is 0.477. The molecule has 4 unspecified atom stereocenters. The summed E-state index contributed by atoms with van der Waals surface area (Å²) < 4.78 is 9.84. The molecule has 5 heteroatoms. The minimum Gasteiger partial charge on any atom is -0.394 e. The highest BCUT2D eigenvalue weighted by atomic mass is 16.6. The predicted octanol–water partition coefficient (Wildman–Crippen LogP) is -1.54. The van der Waals surface area contributed by atoms with Gasteiger partial charge in [0.2, 0.25) is 0 Å². The maximum Gasteiger partial charge on any atom is 0.181 e. The molecule has 0 aliphatic carbocycles. The largest absolute Gasteiger partial charge is 0.394 e. The smallest absolute Gasteiger partial charge is 0.181 e. The van der Waals surface area contributed by atoms with Crippen molar-refractivity contribution in [3.05, 3.63) is 0 Å². The van der Waals surface area contributed by atoms with E-state index in [4.69, 9.17) is 24.8 Å². The van der Waals surface area contributed by atoms with Gasteiger partial charge in [0.05, 0.1) is 12.7 Å². The molecule has 0 aromatic rings. The van der Waals surface area contributed by atoms with E-state index in [0.29, 0.717) is 0 Å². The fourth-order valence-corrected chi connectivity index (χ4v) is 1.27. The normalized spacial score (nSPS) is 43.0. The molecule has 0 amide bonds.